The van der Waals surface area contributed by atoms with Crippen LogP contribution in [0.5, 0.6) is 0 Å². The monoisotopic (exact) mass is 389 g/mol. The first-order valence-electron chi connectivity index (χ1n) is 9.77. The van der Waals surface area contributed by atoms with Gasteiger partial charge in [-0.3, -0.25) is 9.58 Å². The lowest BCUT2D eigenvalue weighted by Gasteiger charge is -2.28. The highest BCUT2D eigenvalue weighted by molar-refractivity contribution is 7.00. The van der Waals surface area contributed by atoms with Crippen LogP contribution in [-0.4, -0.2) is 36.5 Å². The third-order valence-electron chi connectivity index (χ3n) is 5.91. The molecule has 4 aromatic rings. The minimum atomic E-state index is 0.355. The van der Waals surface area contributed by atoms with Crippen molar-refractivity contribution in [3.63, 3.8) is 0 Å². The Morgan fingerprint density at radius 2 is 1.75 bits per heavy atom. The van der Waals surface area contributed by atoms with E-state index in [9.17, 15) is 0 Å². The van der Waals surface area contributed by atoms with Gasteiger partial charge in [0.15, 0.2) is 0 Å². The first-order valence-corrected chi connectivity index (χ1v) is 10.5. The molecule has 28 heavy (non-hydrogen) atoms. The molecule has 142 valence electrons. The maximum absolute atomic E-state index is 4.84. The Labute approximate surface area is 169 Å². The number of fused-ring (bicyclic) bond motifs is 2. The minimum Gasteiger partial charge on any atom is -0.296 e. The second kappa shape index (κ2) is 7.11. The zero-order chi connectivity index (χ0) is 19.1. The van der Waals surface area contributed by atoms with E-state index in [1.165, 1.54) is 34.1 Å². The number of aromatic nitrogens is 4. The fraction of sp³-hybridized carbons (Fsp3) is 0.318. The Morgan fingerprint density at radius 3 is 2.61 bits per heavy atom. The van der Waals surface area contributed by atoms with Gasteiger partial charge in [0.25, 0.3) is 0 Å². The maximum atomic E-state index is 4.84. The van der Waals surface area contributed by atoms with Crippen molar-refractivity contribution in [2.24, 2.45) is 7.05 Å². The standard InChI is InChI=1S/C22H23N5S/c1-15(17-8-9-19-20(14-17)25-28-24-19)27-12-10-18-21(11-13-27)26(2)23-22(18)16-6-4-3-5-7-16/h3-9,14-15H,10-13H2,1-2H3. The van der Waals surface area contributed by atoms with Crippen molar-refractivity contribution >= 4 is 22.8 Å². The van der Waals surface area contributed by atoms with Gasteiger partial charge in [-0.25, -0.2) is 0 Å². The lowest BCUT2D eigenvalue weighted by atomic mass is 10.0. The number of rotatable bonds is 3. The van der Waals surface area contributed by atoms with E-state index < -0.39 is 0 Å². The molecule has 0 saturated carbocycles. The van der Waals surface area contributed by atoms with Crippen LogP contribution in [0.2, 0.25) is 0 Å². The van der Waals surface area contributed by atoms with E-state index in [0.29, 0.717) is 6.04 Å². The first kappa shape index (κ1) is 17.5. The molecular weight excluding hydrogens is 366 g/mol. The van der Waals surface area contributed by atoms with Gasteiger partial charge in [-0.2, -0.15) is 13.8 Å². The molecule has 0 fully saturated rings. The number of hydrogen-bond donors (Lipinski definition) is 0. The highest BCUT2D eigenvalue weighted by Crippen LogP contribution is 2.31. The molecule has 1 aliphatic rings. The van der Waals surface area contributed by atoms with Gasteiger partial charge in [-0.05, 0) is 31.0 Å². The Hall–Kier alpha value is -2.57. The van der Waals surface area contributed by atoms with Crippen LogP contribution in [0.15, 0.2) is 48.5 Å². The zero-order valence-corrected chi connectivity index (χ0v) is 17.0. The molecule has 0 saturated heterocycles. The van der Waals surface area contributed by atoms with E-state index in [4.69, 9.17) is 5.10 Å². The summed E-state index contributed by atoms with van der Waals surface area (Å²) in [6.07, 6.45) is 2.05. The quantitative estimate of drug-likeness (QED) is 0.525. The summed E-state index contributed by atoms with van der Waals surface area (Å²) in [6.45, 7) is 4.37. The Bertz CT molecular complexity index is 1110. The fourth-order valence-corrected chi connectivity index (χ4v) is 4.80. The van der Waals surface area contributed by atoms with Crippen molar-refractivity contribution in [2.75, 3.05) is 13.1 Å². The molecule has 0 radical (unpaired) electrons. The van der Waals surface area contributed by atoms with E-state index in [1.807, 2.05) is 0 Å². The van der Waals surface area contributed by atoms with Crippen LogP contribution in [0.3, 0.4) is 0 Å². The average molecular weight is 390 g/mol. The average Bonchev–Trinajstić information content (AvgIpc) is 3.25. The summed E-state index contributed by atoms with van der Waals surface area (Å²) in [6, 6.07) is 17.4. The highest BCUT2D eigenvalue weighted by Gasteiger charge is 2.25. The van der Waals surface area contributed by atoms with Gasteiger partial charge in [0.1, 0.15) is 11.0 Å². The summed E-state index contributed by atoms with van der Waals surface area (Å²) < 4.78 is 10.8. The predicted octanol–water partition coefficient (Wildman–Crippen LogP) is 4.25. The van der Waals surface area contributed by atoms with Crippen molar-refractivity contribution in [2.45, 2.75) is 25.8 Å². The van der Waals surface area contributed by atoms with Crippen LogP contribution in [0.25, 0.3) is 22.3 Å². The van der Waals surface area contributed by atoms with Gasteiger partial charge in [0.05, 0.1) is 17.4 Å². The molecular formula is C22H23N5S. The minimum absolute atomic E-state index is 0.355. The van der Waals surface area contributed by atoms with E-state index in [1.54, 1.807) is 0 Å². The van der Waals surface area contributed by atoms with E-state index in [0.717, 1.165) is 42.7 Å². The molecule has 2 aromatic heterocycles. The Morgan fingerprint density at radius 1 is 0.964 bits per heavy atom. The molecule has 3 heterocycles. The zero-order valence-electron chi connectivity index (χ0n) is 16.2. The van der Waals surface area contributed by atoms with Gasteiger partial charge in [-0.1, -0.05) is 36.4 Å². The topological polar surface area (TPSA) is 46.8 Å². The van der Waals surface area contributed by atoms with Crippen molar-refractivity contribution in [3.05, 3.63) is 65.4 Å². The highest BCUT2D eigenvalue weighted by atomic mass is 32.1. The van der Waals surface area contributed by atoms with Crippen LogP contribution >= 0.6 is 11.7 Å². The summed E-state index contributed by atoms with van der Waals surface area (Å²) in [5.41, 5.74) is 8.43. The van der Waals surface area contributed by atoms with Crippen LogP contribution < -0.4 is 0 Å². The van der Waals surface area contributed by atoms with Gasteiger partial charge < -0.3 is 0 Å². The second-order valence-electron chi connectivity index (χ2n) is 7.49. The number of nitrogens with zero attached hydrogens (tertiary/aromatic N) is 5. The third kappa shape index (κ3) is 3.02. The van der Waals surface area contributed by atoms with Crippen LogP contribution in [0.4, 0.5) is 0 Å². The molecule has 0 amide bonds. The third-order valence-corrected chi connectivity index (χ3v) is 6.47. The van der Waals surface area contributed by atoms with Crippen LogP contribution in [0.1, 0.15) is 29.8 Å². The summed E-state index contributed by atoms with van der Waals surface area (Å²) >= 11 is 1.28. The molecule has 1 aliphatic heterocycles. The molecule has 6 heteroatoms. The lowest BCUT2D eigenvalue weighted by molar-refractivity contribution is 0.220. The number of hydrogen-bond acceptors (Lipinski definition) is 5. The normalized spacial score (nSPS) is 16.1. The molecule has 0 spiro atoms. The van der Waals surface area contributed by atoms with Crippen molar-refractivity contribution in [1.29, 1.82) is 0 Å². The fourth-order valence-electron chi connectivity index (χ4n) is 4.28. The molecule has 0 aliphatic carbocycles. The van der Waals surface area contributed by atoms with E-state index in [2.05, 4.69) is 80.8 Å². The SMILES string of the molecule is CC(c1ccc2nsnc2c1)N1CCc2c(-c3ccccc3)nn(C)c2CC1. The van der Waals surface area contributed by atoms with Gasteiger partial charge in [0.2, 0.25) is 0 Å². The van der Waals surface area contributed by atoms with Gasteiger partial charge in [0, 0.05) is 49.4 Å². The molecule has 0 bridgehead atoms. The maximum Gasteiger partial charge on any atom is 0.105 e. The molecule has 1 unspecified atom stereocenters. The number of aryl methyl sites for hydroxylation is 1. The molecule has 0 N–H and O–H groups in total. The lowest BCUT2D eigenvalue weighted by Crippen LogP contribution is -2.29. The van der Waals surface area contributed by atoms with Crippen molar-refractivity contribution < 1.29 is 0 Å². The Kier molecular flexibility index (Phi) is 4.45. The van der Waals surface area contributed by atoms with Crippen LogP contribution in [0, 0.1) is 0 Å². The molecule has 5 nitrogen and oxygen atoms in total. The van der Waals surface area contributed by atoms with Crippen molar-refractivity contribution in [3.8, 4) is 11.3 Å². The molecule has 1 atom stereocenters. The summed E-state index contributed by atoms with van der Waals surface area (Å²) in [4.78, 5) is 2.58. The summed E-state index contributed by atoms with van der Waals surface area (Å²) in [7, 11) is 2.08. The molecule has 2 aromatic carbocycles. The second-order valence-corrected chi connectivity index (χ2v) is 8.02. The molecule has 5 rings (SSSR count). The number of benzene rings is 2. The van der Waals surface area contributed by atoms with Crippen LogP contribution in [-0.2, 0) is 19.9 Å². The van der Waals surface area contributed by atoms with Gasteiger partial charge >= 0.3 is 0 Å². The van der Waals surface area contributed by atoms with E-state index in [-0.39, 0.29) is 0 Å². The van der Waals surface area contributed by atoms with Crippen molar-refractivity contribution in [1.82, 2.24) is 23.4 Å². The largest absolute Gasteiger partial charge is 0.296 e. The van der Waals surface area contributed by atoms with E-state index >= 15 is 0 Å². The Balaban J connectivity index is 1.42. The van der Waals surface area contributed by atoms with Gasteiger partial charge in [-0.15, -0.1) is 0 Å². The predicted molar refractivity (Wildman–Crippen MR) is 113 cm³/mol. The summed E-state index contributed by atoms with van der Waals surface area (Å²) in [5, 5.41) is 4.84. The smallest absolute Gasteiger partial charge is 0.105 e. The first-order chi connectivity index (χ1) is 13.7. The summed E-state index contributed by atoms with van der Waals surface area (Å²) in [5.74, 6) is 0.